The molecule has 0 saturated carbocycles. The number of carbonyl (C=O) groups is 1. The molecule has 3 N–H and O–H groups in total. The van der Waals surface area contributed by atoms with Gasteiger partial charge in [-0.05, 0) is 50.5 Å². The minimum Gasteiger partial charge on any atom is -0.481 e. The summed E-state index contributed by atoms with van der Waals surface area (Å²) in [6.07, 6.45) is 1.47. The largest absolute Gasteiger partial charge is 0.481 e. The van der Waals surface area contributed by atoms with Crippen molar-refractivity contribution in [2.24, 2.45) is 11.8 Å². The van der Waals surface area contributed by atoms with Crippen LogP contribution in [-0.2, 0) is 14.6 Å². The van der Waals surface area contributed by atoms with Crippen LogP contribution in [0.15, 0.2) is 30.3 Å². The summed E-state index contributed by atoms with van der Waals surface area (Å²) in [6.45, 7) is 10.4. The number of carboxylic acid groups (broad SMARTS) is 1. The van der Waals surface area contributed by atoms with E-state index in [4.69, 9.17) is 25.1 Å². The van der Waals surface area contributed by atoms with Crippen LogP contribution in [0.25, 0.3) is 0 Å². The third kappa shape index (κ3) is 13.7. The van der Waals surface area contributed by atoms with Crippen LogP contribution in [-0.4, -0.2) is 46.7 Å². The molecule has 1 rings (SSSR count). The molecule has 0 aliphatic heterocycles. The monoisotopic (exact) mass is 398 g/mol. The molecule has 1 aromatic rings. The standard InChI is InChI=1S/C12H26O4.C10H12O2/c1-9(5-11(3)13)7-15-16-8-10(2)6-12(4)14;1-2-9(10(11)12)8-6-4-3-5-7-8/h9-14H,5-8H2,1-4H3;3-7,9H,2H2,1H3,(H,11,12). The summed E-state index contributed by atoms with van der Waals surface area (Å²) in [6, 6.07) is 9.31. The lowest BCUT2D eigenvalue weighted by Crippen LogP contribution is -2.16. The van der Waals surface area contributed by atoms with Gasteiger partial charge in [0.05, 0.1) is 31.3 Å². The van der Waals surface area contributed by atoms with Crippen molar-refractivity contribution < 1.29 is 29.9 Å². The second-order valence-corrected chi connectivity index (χ2v) is 7.66. The van der Waals surface area contributed by atoms with Crippen LogP contribution < -0.4 is 0 Å². The van der Waals surface area contributed by atoms with Crippen molar-refractivity contribution in [3.05, 3.63) is 35.9 Å². The van der Waals surface area contributed by atoms with Gasteiger partial charge in [-0.3, -0.25) is 4.79 Å². The summed E-state index contributed by atoms with van der Waals surface area (Å²) in [7, 11) is 0. The average molecular weight is 399 g/mol. The van der Waals surface area contributed by atoms with Gasteiger partial charge in [0.25, 0.3) is 0 Å². The number of carboxylic acids is 1. The highest BCUT2D eigenvalue weighted by atomic mass is 17.2. The molecule has 0 aromatic heterocycles. The molecule has 0 amide bonds. The molecular formula is C22H38O6. The van der Waals surface area contributed by atoms with Crippen LogP contribution in [0.2, 0.25) is 0 Å². The van der Waals surface area contributed by atoms with Crippen LogP contribution in [0, 0.1) is 11.8 Å². The fraction of sp³-hybridized carbons (Fsp3) is 0.682. The first-order chi connectivity index (χ1) is 13.2. The van der Waals surface area contributed by atoms with Crippen LogP contribution >= 0.6 is 0 Å². The van der Waals surface area contributed by atoms with Crippen molar-refractivity contribution in [2.45, 2.75) is 72.0 Å². The number of aliphatic hydroxyl groups excluding tert-OH is 2. The molecule has 0 aliphatic rings. The van der Waals surface area contributed by atoms with Crippen molar-refractivity contribution in [1.29, 1.82) is 0 Å². The number of benzene rings is 1. The van der Waals surface area contributed by atoms with Crippen molar-refractivity contribution in [1.82, 2.24) is 0 Å². The Bertz CT molecular complexity index is 485. The first-order valence-electron chi connectivity index (χ1n) is 10.1. The zero-order valence-electron chi connectivity index (χ0n) is 17.9. The van der Waals surface area contributed by atoms with Gasteiger partial charge in [-0.2, -0.15) is 0 Å². The molecule has 28 heavy (non-hydrogen) atoms. The highest BCUT2D eigenvalue weighted by Crippen LogP contribution is 2.18. The third-order valence-corrected chi connectivity index (χ3v) is 4.18. The first-order valence-corrected chi connectivity index (χ1v) is 10.1. The maximum absolute atomic E-state index is 10.7. The number of hydrogen-bond acceptors (Lipinski definition) is 5. The fourth-order valence-corrected chi connectivity index (χ4v) is 2.87. The lowest BCUT2D eigenvalue weighted by molar-refractivity contribution is -0.307. The van der Waals surface area contributed by atoms with E-state index in [0.717, 1.165) is 5.56 Å². The minimum absolute atomic E-state index is 0.284. The Balaban J connectivity index is 0.000000540. The van der Waals surface area contributed by atoms with E-state index in [1.807, 2.05) is 51.1 Å². The number of aliphatic carboxylic acids is 1. The topological polar surface area (TPSA) is 96.2 Å². The molecule has 0 bridgehead atoms. The number of hydrogen-bond donors (Lipinski definition) is 3. The van der Waals surface area contributed by atoms with Crippen LogP contribution in [0.3, 0.4) is 0 Å². The molecule has 0 aliphatic carbocycles. The highest BCUT2D eigenvalue weighted by Gasteiger charge is 2.16. The van der Waals surface area contributed by atoms with Crippen molar-refractivity contribution in [2.75, 3.05) is 13.2 Å². The van der Waals surface area contributed by atoms with Crippen LogP contribution in [0.4, 0.5) is 0 Å². The van der Waals surface area contributed by atoms with E-state index < -0.39 is 5.97 Å². The van der Waals surface area contributed by atoms with Gasteiger partial charge in [0, 0.05) is 0 Å². The molecule has 0 fully saturated rings. The van der Waals surface area contributed by atoms with Gasteiger partial charge in [0.2, 0.25) is 0 Å². The Labute approximate surface area is 169 Å². The van der Waals surface area contributed by atoms with Gasteiger partial charge in [-0.15, -0.1) is 0 Å². The molecule has 0 saturated heterocycles. The lowest BCUT2D eigenvalue weighted by Gasteiger charge is -2.15. The zero-order valence-corrected chi connectivity index (χ0v) is 17.9. The third-order valence-electron chi connectivity index (χ3n) is 4.18. The zero-order chi connectivity index (χ0) is 21.5. The van der Waals surface area contributed by atoms with E-state index in [0.29, 0.717) is 32.5 Å². The van der Waals surface area contributed by atoms with E-state index in [1.54, 1.807) is 13.8 Å². The van der Waals surface area contributed by atoms with Crippen LogP contribution in [0.1, 0.15) is 65.4 Å². The summed E-state index contributed by atoms with van der Waals surface area (Å²) in [5.41, 5.74) is 0.882. The molecule has 1 aromatic carbocycles. The highest BCUT2D eigenvalue weighted by molar-refractivity contribution is 5.75. The SMILES string of the molecule is CC(O)CC(C)COOCC(C)CC(C)O.CCC(C(=O)O)c1ccccc1. The van der Waals surface area contributed by atoms with E-state index >= 15 is 0 Å². The Morgan fingerprint density at radius 2 is 1.32 bits per heavy atom. The number of aliphatic hydroxyl groups is 2. The van der Waals surface area contributed by atoms with E-state index in [2.05, 4.69) is 0 Å². The Kier molecular flexibility index (Phi) is 14.6. The van der Waals surface area contributed by atoms with Crippen molar-refractivity contribution in [3.63, 3.8) is 0 Å². The predicted molar refractivity (Wildman–Crippen MR) is 110 cm³/mol. The molecule has 6 heteroatoms. The summed E-state index contributed by atoms with van der Waals surface area (Å²) in [4.78, 5) is 20.8. The molecule has 5 atom stereocenters. The molecule has 162 valence electrons. The van der Waals surface area contributed by atoms with Gasteiger partial charge in [-0.1, -0.05) is 51.1 Å². The second-order valence-electron chi connectivity index (χ2n) is 7.66. The Morgan fingerprint density at radius 1 is 0.893 bits per heavy atom. The molecule has 0 radical (unpaired) electrons. The first kappa shape index (κ1) is 26.5. The quantitative estimate of drug-likeness (QED) is 0.280. The summed E-state index contributed by atoms with van der Waals surface area (Å²) >= 11 is 0. The Morgan fingerprint density at radius 3 is 1.64 bits per heavy atom. The van der Waals surface area contributed by atoms with Crippen molar-refractivity contribution in [3.8, 4) is 0 Å². The normalized spacial score (nSPS) is 16.2. The molecule has 0 spiro atoms. The minimum atomic E-state index is -0.747. The average Bonchev–Trinajstić information content (AvgIpc) is 2.59. The van der Waals surface area contributed by atoms with Crippen LogP contribution in [0.5, 0.6) is 0 Å². The molecule has 6 nitrogen and oxygen atoms in total. The molecule has 0 heterocycles. The smallest absolute Gasteiger partial charge is 0.310 e. The van der Waals surface area contributed by atoms with Gasteiger partial charge in [0.1, 0.15) is 0 Å². The molecule has 5 unspecified atom stereocenters. The van der Waals surface area contributed by atoms with Gasteiger partial charge in [0.15, 0.2) is 0 Å². The number of rotatable bonds is 12. The van der Waals surface area contributed by atoms with Gasteiger partial charge < -0.3 is 15.3 Å². The second kappa shape index (κ2) is 15.5. The van der Waals surface area contributed by atoms with Gasteiger partial charge >= 0.3 is 5.97 Å². The van der Waals surface area contributed by atoms with E-state index in [-0.39, 0.29) is 30.0 Å². The van der Waals surface area contributed by atoms with E-state index in [1.165, 1.54) is 0 Å². The predicted octanol–water partition coefficient (Wildman–Crippen LogP) is 4.01. The fourth-order valence-electron chi connectivity index (χ4n) is 2.87. The molecular weight excluding hydrogens is 360 g/mol. The van der Waals surface area contributed by atoms with E-state index in [9.17, 15) is 4.79 Å². The maximum atomic E-state index is 10.7. The lowest BCUT2D eigenvalue weighted by atomic mass is 9.97. The summed E-state index contributed by atoms with van der Waals surface area (Å²) in [5, 5.41) is 27.1. The summed E-state index contributed by atoms with van der Waals surface area (Å²) in [5.74, 6) is -0.533. The Hall–Kier alpha value is -1.47. The summed E-state index contributed by atoms with van der Waals surface area (Å²) < 4.78 is 0. The van der Waals surface area contributed by atoms with Gasteiger partial charge in [-0.25, -0.2) is 9.78 Å². The van der Waals surface area contributed by atoms with Crippen molar-refractivity contribution >= 4 is 5.97 Å². The maximum Gasteiger partial charge on any atom is 0.310 e.